The summed E-state index contributed by atoms with van der Waals surface area (Å²) >= 11 is 0. The van der Waals surface area contributed by atoms with E-state index in [0.29, 0.717) is 13.2 Å². The van der Waals surface area contributed by atoms with E-state index in [1.54, 1.807) is 0 Å². The largest absolute Gasteiger partial charge is 0.449 e. The van der Waals surface area contributed by atoms with E-state index in [2.05, 4.69) is 41.7 Å². The van der Waals surface area contributed by atoms with Crippen molar-refractivity contribution in [1.29, 1.82) is 0 Å². The average molecular weight is 338 g/mol. The summed E-state index contributed by atoms with van der Waals surface area (Å²) in [5, 5.41) is 2.91. The number of nitrogens with one attached hydrogen (secondary N) is 1. The van der Waals surface area contributed by atoms with Crippen molar-refractivity contribution in [3.63, 3.8) is 0 Å². The van der Waals surface area contributed by atoms with Gasteiger partial charge in [-0.25, -0.2) is 4.79 Å². The number of hydrogen-bond acceptors (Lipinski definition) is 3. The number of hydrogen-bond donors (Lipinski definition) is 2. The molecule has 3 rings (SSSR count). The first-order valence-electron chi connectivity index (χ1n) is 9.02. The first-order valence-corrected chi connectivity index (χ1v) is 9.02. The Kier molecular flexibility index (Phi) is 5.71. The van der Waals surface area contributed by atoms with Gasteiger partial charge in [0.05, 0.1) is 0 Å². The van der Waals surface area contributed by atoms with E-state index in [1.165, 1.54) is 22.3 Å². The van der Waals surface area contributed by atoms with Crippen LogP contribution in [0.3, 0.4) is 0 Å². The molecule has 0 fully saturated rings. The summed E-state index contributed by atoms with van der Waals surface area (Å²) in [4.78, 5) is 12.1. The lowest BCUT2D eigenvalue weighted by molar-refractivity contribution is 0.139. The molecule has 0 spiro atoms. The molecule has 3 N–H and O–H groups in total. The van der Waals surface area contributed by atoms with Gasteiger partial charge in [-0.15, -0.1) is 0 Å². The number of benzene rings is 2. The second kappa shape index (κ2) is 8.17. The Hall–Kier alpha value is -2.33. The molecule has 4 nitrogen and oxygen atoms in total. The highest BCUT2D eigenvalue weighted by Crippen LogP contribution is 2.44. The molecular weight excluding hydrogens is 312 g/mol. The summed E-state index contributed by atoms with van der Waals surface area (Å²) in [6, 6.07) is 16.8. The summed E-state index contributed by atoms with van der Waals surface area (Å²) in [7, 11) is 0. The predicted octanol–water partition coefficient (Wildman–Crippen LogP) is 4.04. The molecule has 25 heavy (non-hydrogen) atoms. The molecule has 2 aromatic carbocycles. The molecule has 1 aliphatic rings. The van der Waals surface area contributed by atoms with Gasteiger partial charge in [0.1, 0.15) is 6.61 Å². The Bertz CT molecular complexity index is 684. The van der Waals surface area contributed by atoms with Crippen LogP contribution in [0.2, 0.25) is 0 Å². The van der Waals surface area contributed by atoms with Crippen LogP contribution in [0.4, 0.5) is 4.79 Å². The van der Waals surface area contributed by atoms with E-state index in [0.717, 1.165) is 19.3 Å². The molecule has 0 unspecified atom stereocenters. The van der Waals surface area contributed by atoms with E-state index in [-0.39, 0.29) is 18.1 Å². The third-order valence-corrected chi connectivity index (χ3v) is 4.80. The van der Waals surface area contributed by atoms with Crippen LogP contribution >= 0.6 is 0 Å². The lowest BCUT2D eigenvalue weighted by Gasteiger charge is -2.17. The van der Waals surface area contributed by atoms with Gasteiger partial charge < -0.3 is 15.8 Å². The fraction of sp³-hybridized carbons (Fsp3) is 0.381. The van der Waals surface area contributed by atoms with E-state index in [9.17, 15) is 4.79 Å². The van der Waals surface area contributed by atoms with Crippen LogP contribution < -0.4 is 11.1 Å². The van der Waals surface area contributed by atoms with Gasteiger partial charge >= 0.3 is 6.09 Å². The summed E-state index contributed by atoms with van der Waals surface area (Å²) in [5.41, 5.74) is 10.4. The maximum absolute atomic E-state index is 12.1. The number of carbonyl (C=O) groups excluding carboxylic acids is 1. The van der Waals surface area contributed by atoms with Crippen LogP contribution in [-0.4, -0.2) is 25.3 Å². The molecule has 1 aliphatic carbocycles. The van der Waals surface area contributed by atoms with Gasteiger partial charge in [0, 0.05) is 12.0 Å². The highest BCUT2D eigenvalue weighted by Gasteiger charge is 2.29. The maximum Gasteiger partial charge on any atom is 0.407 e. The maximum atomic E-state index is 12.1. The number of alkyl carbamates (subject to hydrolysis) is 1. The molecule has 2 aromatic rings. The molecular formula is C21H26N2O2. The minimum atomic E-state index is -0.345. The minimum Gasteiger partial charge on any atom is -0.449 e. The van der Waals surface area contributed by atoms with E-state index >= 15 is 0 Å². The first-order chi connectivity index (χ1) is 12.2. The highest BCUT2D eigenvalue weighted by atomic mass is 16.5. The van der Waals surface area contributed by atoms with Crippen molar-refractivity contribution in [2.45, 2.75) is 38.1 Å². The summed E-state index contributed by atoms with van der Waals surface area (Å²) in [5.74, 6) is 0.102. The first kappa shape index (κ1) is 17.5. The van der Waals surface area contributed by atoms with Crippen molar-refractivity contribution in [2.24, 2.45) is 5.73 Å². The lowest BCUT2D eigenvalue weighted by Crippen LogP contribution is -2.33. The zero-order valence-corrected chi connectivity index (χ0v) is 14.7. The van der Waals surface area contributed by atoms with Gasteiger partial charge in [-0.3, -0.25) is 0 Å². The van der Waals surface area contributed by atoms with Crippen molar-refractivity contribution in [3.05, 3.63) is 59.7 Å². The molecule has 1 amide bonds. The Morgan fingerprint density at radius 3 is 2.28 bits per heavy atom. The molecule has 1 atom stereocenters. The number of rotatable bonds is 7. The van der Waals surface area contributed by atoms with E-state index in [4.69, 9.17) is 10.5 Å². The molecule has 0 aliphatic heterocycles. The fourth-order valence-electron chi connectivity index (χ4n) is 3.51. The van der Waals surface area contributed by atoms with Crippen molar-refractivity contribution < 1.29 is 9.53 Å². The van der Waals surface area contributed by atoms with Gasteiger partial charge in [-0.2, -0.15) is 0 Å². The van der Waals surface area contributed by atoms with Crippen molar-refractivity contribution in [1.82, 2.24) is 5.32 Å². The van der Waals surface area contributed by atoms with Gasteiger partial charge in [-0.1, -0.05) is 55.0 Å². The lowest BCUT2D eigenvalue weighted by atomic mass is 9.98. The van der Waals surface area contributed by atoms with Gasteiger partial charge in [0.2, 0.25) is 0 Å². The second-order valence-corrected chi connectivity index (χ2v) is 6.66. The van der Waals surface area contributed by atoms with Crippen molar-refractivity contribution in [3.8, 4) is 11.1 Å². The van der Waals surface area contributed by atoms with Crippen LogP contribution in [0.25, 0.3) is 11.1 Å². The smallest absolute Gasteiger partial charge is 0.407 e. The number of ether oxygens (including phenoxy) is 1. The number of carbonyl (C=O) groups is 1. The van der Waals surface area contributed by atoms with Crippen LogP contribution in [-0.2, 0) is 4.74 Å². The molecule has 0 bridgehead atoms. The zero-order valence-electron chi connectivity index (χ0n) is 14.7. The normalized spacial score (nSPS) is 13.8. The molecule has 0 saturated heterocycles. The molecule has 0 heterocycles. The summed E-state index contributed by atoms with van der Waals surface area (Å²) in [6.07, 6.45) is 2.57. The number of fused-ring (bicyclic) bond motifs is 3. The van der Waals surface area contributed by atoms with Gasteiger partial charge in [-0.05, 0) is 48.6 Å². The topological polar surface area (TPSA) is 64.3 Å². The molecule has 0 aromatic heterocycles. The Labute approximate surface area is 149 Å². The summed E-state index contributed by atoms with van der Waals surface area (Å²) < 4.78 is 5.54. The van der Waals surface area contributed by atoms with Crippen LogP contribution in [0, 0.1) is 0 Å². The Morgan fingerprint density at radius 2 is 1.68 bits per heavy atom. The zero-order chi connectivity index (χ0) is 17.6. The molecule has 4 heteroatoms. The molecule has 0 radical (unpaired) electrons. The van der Waals surface area contributed by atoms with E-state index in [1.807, 2.05) is 19.1 Å². The Morgan fingerprint density at radius 1 is 1.08 bits per heavy atom. The quantitative estimate of drug-likeness (QED) is 0.749. The summed E-state index contributed by atoms with van der Waals surface area (Å²) in [6.45, 7) is 3.05. The number of nitrogens with two attached hydrogens (primary N) is 1. The van der Waals surface area contributed by atoms with Gasteiger partial charge in [0.25, 0.3) is 0 Å². The highest BCUT2D eigenvalue weighted by molar-refractivity contribution is 5.79. The average Bonchev–Trinajstić information content (AvgIpc) is 2.94. The third kappa shape index (κ3) is 4.02. The van der Waals surface area contributed by atoms with Crippen molar-refractivity contribution >= 4 is 6.09 Å². The molecule has 0 saturated carbocycles. The number of unbranched alkanes of at least 4 members (excludes halogenated alkanes) is 1. The predicted molar refractivity (Wildman–Crippen MR) is 101 cm³/mol. The monoisotopic (exact) mass is 338 g/mol. The second-order valence-electron chi connectivity index (χ2n) is 6.66. The third-order valence-electron chi connectivity index (χ3n) is 4.80. The van der Waals surface area contributed by atoms with E-state index < -0.39 is 0 Å². The van der Waals surface area contributed by atoms with Crippen LogP contribution in [0.15, 0.2) is 48.5 Å². The SMILES string of the molecule is C[C@@H](CCCCN)NC(=O)OCC1c2ccccc2-c2ccccc21. The standard InChI is InChI=1S/C21H26N2O2/c1-15(8-6-7-13-22)23-21(24)25-14-20-18-11-4-2-9-16(18)17-10-3-5-12-19(17)20/h2-5,9-12,15,20H,6-8,13-14,22H2,1H3,(H,23,24)/t15-/m0/s1. The molecule has 132 valence electrons. The van der Waals surface area contributed by atoms with Crippen LogP contribution in [0.5, 0.6) is 0 Å². The van der Waals surface area contributed by atoms with Crippen LogP contribution in [0.1, 0.15) is 43.2 Å². The minimum absolute atomic E-state index is 0.0993. The number of amides is 1. The fourth-order valence-corrected chi connectivity index (χ4v) is 3.51. The van der Waals surface area contributed by atoms with Gasteiger partial charge in [0.15, 0.2) is 0 Å². The van der Waals surface area contributed by atoms with Crippen molar-refractivity contribution in [2.75, 3.05) is 13.2 Å². The Balaban J connectivity index is 1.61.